The number of benzene rings is 2. The summed E-state index contributed by atoms with van der Waals surface area (Å²) in [6, 6.07) is 16.2. The molecule has 0 fully saturated rings. The topological polar surface area (TPSA) is 76.5 Å². The highest BCUT2D eigenvalue weighted by molar-refractivity contribution is 7.99. The van der Waals surface area contributed by atoms with Gasteiger partial charge in [0, 0.05) is 36.3 Å². The van der Waals surface area contributed by atoms with Crippen LogP contribution in [0.1, 0.15) is 16.8 Å². The average molecular weight is 419 g/mol. The van der Waals surface area contributed by atoms with Crippen LogP contribution in [0.5, 0.6) is 0 Å². The van der Waals surface area contributed by atoms with E-state index in [0.717, 1.165) is 10.9 Å². The van der Waals surface area contributed by atoms with E-state index in [1.165, 1.54) is 17.8 Å². The van der Waals surface area contributed by atoms with E-state index in [1.54, 1.807) is 29.8 Å². The van der Waals surface area contributed by atoms with Gasteiger partial charge < -0.3 is 9.13 Å². The van der Waals surface area contributed by atoms with Crippen molar-refractivity contribution in [2.45, 2.75) is 18.1 Å². The third-order valence-corrected chi connectivity index (χ3v) is 5.86. The van der Waals surface area contributed by atoms with E-state index in [-0.39, 0.29) is 17.4 Å². The Morgan fingerprint density at radius 2 is 1.93 bits per heavy atom. The fourth-order valence-corrected chi connectivity index (χ4v) is 4.14. The summed E-state index contributed by atoms with van der Waals surface area (Å²) in [6.07, 6.45) is 2.19. The van der Waals surface area contributed by atoms with Gasteiger partial charge in [-0.3, -0.25) is 4.79 Å². The fourth-order valence-electron chi connectivity index (χ4n) is 3.35. The van der Waals surface area contributed by atoms with Gasteiger partial charge in [0.25, 0.3) is 0 Å². The number of nitriles is 1. The van der Waals surface area contributed by atoms with Gasteiger partial charge in [0.2, 0.25) is 0 Å². The van der Waals surface area contributed by atoms with E-state index in [0.29, 0.717) is 35.1 Å². The maximum absolute atomic E-state index is 14.1. The number of ketones is 1. The summed E-state index contributed by atoms with van der Waals surface area (Å²) in [5, 5.41) is 18.5. The molecule has 0 aliphatic rings. The molecule has 0 saturated carbocycles. The van der Waals surface area contributed by atoms with Crippen molar-refractivity contribution in [3.05, 3.63) is 66.1 Å². The second-order valence-electron chi connectivity index (χ2n) is 6.72. The van der Waals surface area contributed by atoms with E-state index in [1.807, 2.05) is 35.0 Å². The number of thioether (sulfide) groups is 1. The molecule has 8 heteroatoms. The number of Topliss-reactive ketones (excluding diaryl/α,β-unsaturated/α-hetero) is 1. The summed E-state index contributed by atoms with van der Waals surface area (Å²) in [5.41, 5.74) is 1.92. The molecule has 4 aromatic rings. The molecule has 2 heterocycles. The van der Waals surface area contributed by atoms with Gasteiger partial charge in [0.15, 0.2) is 16.8 Å². The molecule has 2 aromatic heterocycles. The van der Waals surface area contributed by atoms with Gasteiger partial charge in [-0.05, 0) is 18.2 Å². The SMILES string of the molecule is Cn1c(SCC(=O)c2cn(CCC#N)c3ccccc23)nnc1-c1ccccc1F. The van der Waals surface area contributed by atoms with Gasteiger partial charge >= 0.3 is 0 Å². The van der Waals surface area contributed by atoms with Crippen molar-refractivity contribution >= 4 is 28.4 Å². The number of hydrogen-bond acceptors (Lipinski definition) is 5. The fraction of sp³-hybridized carbons (Fsp3) is 0.182. The van der Waals surface area contributed by atoms with Crippen LogP contribution in [0.15, 0.2) is 59.9 Å². The number of hydrogen-bond donors (Lipinski definition) is 0. The number of carbonyl (C=O) groups is 1. The molecule has 0 aliphatic heterocycles. The zero-order valence-electron chi connectivity index (χ0n) is 16.2. The molecule has 4 rings (SSSR count). The zero-order chi connectivity index (χ0) is 21.1. The van der Waals surface area contributed by atoms with Crippen molar-refractivity contribution < 1.29 is 9.18 Å². The molecule has 0 spiro atoms. The lowest BCUT2D eigenvalue weighted by atomic mass is 10.1. The van der Waals surface area contributed by atoms with Crippen LogP contribution in [0.2, 0.25) is 0 Å². The van der Waals surface area contributed by atoms with Gasteiger partial charge in [-0.15, -0.1) is 10.2 Å². The first-order chi connectivity index (χ1) is 14.6. The molecule has 0 N–H and O–H groups in total. The molecule has 0 bridgehead atoms. The van der Waals surface area contributed by atoms with Crippen molar-refractivity contribution in [3.63, 3.8) is 0 Å². The molecule has 0 radical (unpaired) electrons. The number of halogens is 1. The van der Waals surface area contributed by atoms with Crippen LogP contribution in [-0.4, -0.2) is 30.9 Å². The second-order valence-corrected chi connectivity index (χ2v) is 7.66. The molecule has 0 unspecified atom stereocenters. The quantitative estimate of drug-likeness (QED) is 0.326. The minimum Gasteiger partial charge on any atom is -0.346 e. The van der Waals surface area contributed by atoms with Crippen LogP contribution < -0.4 is 0 Å². The Bertz CT molecular complexity index is 1270. The number of aryl methyl sites for hydroxylation is 1. The smallest absolute Gasteiger partial charge is 0.191 e. The van der Waals surface area contributed by atoms with Crippen LogP contribution >= 0.6 is 11.8 Å². The molecule has 150 valence electrons. The number of nitrogens with zero attached hydrogens (tertiary/aromatic N) is 5. The highest BCUT2D eigenvalue weighted by atomic mass is 32.2. The Labute approximate surface area is 177 Å². The number of para-hydroxylation sites is 1. The average Bonchev–Trinajstić information content (AvgIpc) is 3.31. The predicted octanol–water partition coefficient (Wildman–Crippen LogP) is 4.46. The zero-order valence-corrected chi connectivity index (χ0v) is 17.1. The first kappa shape index (κ1) is 19.9. The molecular formula is C22H18FN5OS. The van der Waals surface area contributed by atoms with Crippen molar-refractivity contribution in [1.82, 2.24) is 19.3 Å². The van der Waals surface area contributed by atoms with Crippen LogP contribution in [-0.2, 0) is 13.6 Å². The lowest BCUT2D eigenvalue weighted by molar-refractivity contribution is 0.102. The minimum atomic E-state index is -0.370. The Balaban J connectivity index is 1.55. The number of aromatic nitrogens is 4. The summed E-state index contributed by atoms with van der Waals surface area (Å²) in [7, 11) is 1.75. The van der Waals surface area contributed by atoms with Gasteiger partial charge in [-0.25, -0.2) is 4.39 Å². The molecule has 0 amide bonds. The van der Waals surface area contributed by atoms with Crippen LogP contribution in [0.25, 0.3) is 22.3 Å². The highest BCUT2D eigenvalue weighted by Crippen LogP contribution is 2.27. The lowest BCUT2D eigenvalue weighted by Crippen LogP contribution is -2.04. The van der Waals surface area contributed by atoms with Crippen LogP contribution in [0, 0.1) is 17.1 Å². The summed E-state index contributed by atoms with van der Waals surface area (Å²) in [6.45, 7) is 0.534. The molecular weight excluding hydrogens is 401 g/mol. The summed E-state index contributed by atoms with van der Waals surface area (Å²) in [4.78, 5) is 12.9. The molecule has 30 heavy (non-hydrogen) atoms. The monoisotopic (exact) mass is 419 g/mol. The van der Waals surface area contributed by atoms with Gasteiger partial charge in [-0.2, -0.15) is 5.26 Å². The Hall–Kier alpha value is -3.44. The number of fused-ring (bicyclic) bond motifs is 1. The van der Waals surface area contributed by atoms with E-state index < -0.39 is 0 Å². The summed E-state index contributed by atoms with van der Waals surface area (Å²) < 4.78 is 17.7. The van der Waals surface area contributed by atoms with E-state index in [9.17, 15) is 9.18 Å². The highest BCUT2D eigenvalue weighted by Gasteiger charge is 2.18. The Morgan fingerprint density at radius 3 is 2.73 bits per heavy atom. The van der Waals surface area contributed by atoms with Crippen LogP contribution in [0.3, 0.4) is 0 Å². The summed E-state index contributed by atoms with van der Waals surface area (Å²) >= 11 is 1.26. The van der Waals surface area contributed by atoms with Gasteiger partial charge in [0.05, 0.1) is 23.8 Å². The number of rotatable bonds is 7. The van der Waals surface area contributed by atoms with E-state index >= 15 is 0 Å². The van der Waals surface area contributed by atoms with Crippen molar-refractivity contribution in [2.24, 2.45) is 7.05 Å². The minimum absolute atomic E-state index is 0.0395. The Morgan fingerprint density at radius 1 is 1.17 bits per heavy atom. The predicted molar refractivity (Wildman–Crippen MR) is 114 cm³/mol. The maximum atomic E-state index is 14.1. The van der Waals surface area contributed by atoms with Crippen molar-refractivity contribution in [2.75, 3.05) is 5.75 Å². The third-order valence-electron chi connectivity index (χ3n) is 4.84. The van der Waals surface area contributed by atoms with Crippen LogP contribution in [0.4, 0.5) is 4.39 Å². The third kappa shape index (κ3) is 3.72. The number of carbonyl (C=O) groups excluding carboxylic acids is 1. The molecule has 0 saturated heterocycles. The van der Waals surface area contributed by atoms with Gasteiger partial charge in [0.1, 0.15) is 5.82 Å². The largest absolute Gasteiger partial charge is 0.346 e. The van der Waals surface area contributed by atoms with Crippen molar-refractivity contribution in [3.8, 4) is 17.5 Å². The summed E-state index contributed by atoms with van der Waals surface area (Å²) in [5.74, 6) is 0.180. The molecule has 0 atom stereocenters. The van der Waals surface area contributed by atoms with E-state index in [2.05, 4.69) is 16.3 Å². The molecule has 2 aromatic carbocycles. The second kappa shape index (κ2) is 8.51. The van der Waals surface area contributed by atoms with E-state index in [4.69, 9.17) is 5.26 Å². The van der Waals surface area contributed by atoms with Gasteiger partial charge in [-0.1, -0.05) is 42.1 Å². The molecule has 6 nitrogen and oxygen atoms in total. The molecule has 0 aliphatic carbocycles. The normalized spacial score (nSPS) is 11.0. The lowest BCUT2D eigenvalue weighted by Gasteiger charge is -2.04. The maximum Gasteiger partial charge on any atom is 0.191 e. The Kier molecular flexibility index (Phi) is 5.63. The standard InChI is InChI=1S/C22H18FN5OS/c1-27-21(16-8-2-4-9-18(16)23)25-26-22(27)30-14-20(29)17-13-28(12-6-11-24)19-10-5-3-7-15(17)19/h2-5,7-10,13H,6,12,14H2,1H3. The first-order valence-electron chi connectivity index (χ1n) is 9.35. The van der Waals surface area contributed by atoms with Crippen molar-refractivity contribution in [1.29, 1.82) is 5.26 Å². The first-order valence-corrected chi connectivity index (χ1v) is 10.3.